The summed E-state index contributed by atoms with van der Waals surface area (Å²) in [6.45, 7) is 2.88. The molecule has 0 saturated heterocycles. The Morgan fingerprint density at radius 3 is 2.80 bits per heavy atom. The van der Waals surface area contributed by atoms with Crippen LogP contribution in [0.2, 0.25) is 0 Å². The number of nitrogens with zero attached hydrogens (tertiary/aromatic N) is 1. The normalized spacial score (nSPS) is 22.5. The average molecular weight is 278 g/mol. The number of hydrogen-bond acceptors (Lipinski definition) is 4. The van der Waals surface area contributed by atoms with Gasteiger partial charge in [0.1, 0.15) is 5.75 Å². The Morgan fingerprint density at radius 2 is 2.15 bits per heavy atom. The van der Waals surface area contributed by atoms with Crippen molar-refractivity contribution in [3.8, 4) is 5.75 Å². The van der Waals surface area contributed by atoms with Crippen molar-refractivity contribution in [2.24, 2.45) is 5.92 Å². The Labute approximate surface area is 119 Å². The molecule has 1 aromatic carbocycles. The number of hydrogen-bond donors (Lipinski definition) is 1. The summed E-state index contributed by atoms with van der Waals surface area (Å²) in [5.41, 5.74) is 0.957. The first-order valence-corrected chi connectivity index (χ1v) is 7.16. The monoisotopic (exact) mass is 278 g/mol. The smallest absolute Gasteiger partial charge is 0.270 e. The molecule has 5 heteroatoms. The molecule has 1 aliphatic carbocycles. The van der Waals surface area contributed by atoms with Gasteiger partial charge >= 0.3 is 0 Å². The minimum Gasteiger partial charge on any atom is -0.496 e. The molecule has 0 radical (unpaired) electrons. The third-order valence-electron chi connectivity index (χ3n) is 4.14. The minimum absolute atomic E-state index is 0.110. The topological polar surface area (TPSA) is 64.4 Å². The van der Waals surface area contributed by atoms with Crippen LogP contribution in [0, 0.1) is 16.0 Å². The predicted molar refractivity (Wildman–Crippen MR) is 77.9 cm³/mol. The van der Waals surface area contributed by atoms with Crippen molar-refractivity contribution in [1.29, 1.82) is 0 Å². The number of nitrogens with one attached hydrogen (secondary N) is 1. The summed E-state index contributed by atoms with van der Waals surface area (Å²) >= 11 is 0. The van der Waals surface area contributed by atoms with E-state index >= 15 is 0 Å². The maximum atomic E-state index is 10.9. The second kappa shape index (κ2) is 6.70. The molecule has 1 N–H and O–H groups in total. The van der Waals surface area contributed by atoms with Gasteiger partial charge in [-0.05, 0) is 24.8 Å². The summed E-state index contributed by atoms with van der Waals surface area (Å²) in [5.74, 6) is 1.36. The molecule has 0 bridgehead atoms. The molecule has 0 spiro atoms. The van der Waals surface area contributed by atoms with Crippen molar-refractivity contribution in [3.05, 3.63) is 33.9 Å². The Hall–Kier alpha value is -1.62. The molecule has 1 fully saturated rings. The highest BCUT2D eigenvalue weighted by molar-refractivity contribution is 5.43. The molecular formula is C15H22N2O3. The molecule has 0 aromatic heterocycles. The first kappa shape index (κ1) is 14.8. The third kappa shape index (κ3) is 3.48. The van der Waals surface area contributed by atoms with Gasteiger partial charge in [0.05, 0.1) is 12.0 Å². The summed E-state index contributed by atoms with van der Waals surface area (Å²) in [7, 11) is 1.59. The molecular weight excluding hydrogens is 256 g/mol. The zero-order valence-electron chi connectivity index (χ0n) is 12.1. The first-order chi connectivity index (χ1) is 9.61. The van der Waals surface area contributed by atoms with Crippen molar-refractivity contribution in [2.75, 3.05) is 7.11 Å². The highest BCUT2D eigenvalue weighted by atomic mass is 16.6. The molecule has 5 nitrogen and oxygen atoms in total. The third-order valence-corrected chi connectivity index (χ3v) is 4.14. The highest BCUT2D eigenvalue weighted by Gasteiger charge is 2.21. The van der Waals surface area contributed by atoms with E-state index in [0.29, 0.717) is 24.3 Å². The lowest BCUT2D eigenvalue weighted by atomic mass is 9.86. The summed E-state index contributed by atoms with van der Waals surface area (Å²) in [6, 6.07) is 5.23. The minimum atomic E-state index is -0.369. The van der Waals surface area contributed by atoms with Crippen molar-refractivity contribution in [1.82, 2.24) is 5.32 Å². The van der Waals surface area contributed by atoms with E-state index in [1.807, 2.05) is 0 Å². The summed E-state index contributed by atoms with van der Waals surface area (Å²) < 4.78 is 5.28. The van der Waals surface area contributed by atoms with E-state index in [-0.39, 0.29) is 10.6 Å². The van der Waals surface area contributed by atoms with Crippen molar-refractivity contribution in [2.45, 2.75) is 45.2 Å². The molecule has 110 valence electrons. The molecule has 2 atom stereocenters. The fourth-order valence-electron chi connectivity index (χ4n) is 2.88. The standard InChI is InChI=1S/C15H22N2O3/c1-11-5-3-4-6-14(11)16-10-12-9-13(17(18)19)7-8-15(12)20-2/h7-9,11,14,16H,3-6,10H2,1-2H3/t11-,14-/m1/s1. The number of methoxy groups -OCH3 is 1. The van der Waals surface area contributed by atoms with E-state index in [1.54, 1.807) is 19.2 Å². The van der Waals surface area contributed by atoms with Crippen LogP contribution in [-0.4, -0.2) is 18.1 Å². The van der Waals surface area contributed by atoms with Gasteiger partial charge in [0.2, 0.25) is 0 Å². The van der Waals surface area contributed by atoms with E-state index in [9.17, 15) is 10.1 Å². The molecule has 20 heavy (non-hydrogen) atoms. The number of benzene rings is 1. The van der Waals surface area contributed by atoms with Gasteiger partial charge in [-0.15, -0.1) is 0 Å². The number of nitro groups is 1. The first-order valence-electron chi connectivity index (χ1n) is 7.16. The predicted octanol–water partition coefficient (Wildman–Crippen LogP) is 3.27. The maximum Gasteiger partial charge on any atom is 0.270 e. The molecule has 1 aromatic rings. The van der Waals surface area contributed by atoms with Crippen LogP contribution >= 0.6 is 0 Å². The lowest BCUT2D eigenvalue weighted by Gasteiger charge is -2.29. The Kier molecular flexibility index (Phi) is 4.95. The molecule has 2 rings (SSSR count). The van der Waals surface area contributed by atoms with Gasteiger partial charge in [-0.3, -0.25) is 10.1 Å². The number of nitro benzene ring substituents is 1. The van der Waals surface area contributed by atoms with Crippen LogP contribution in [0.3, 0.4) is 0 Å². The molecule has 1 saturated carbocycles. The van der Waals surface area contributed by atoms with E-state index < -0.39 is 0 Å². The highest BCUT2D eigenvalue weighted by Crippen LogP contribution is 2.27. The lowest BCUT2D eigenvalue weighted by molar-refractivity contribution is -0.384. The Balaban J connectivity index is 2.07. The fraction of sp³-hybridized carbons (Fsp3) is 0.600. The van der Waals surface area contributed by atoms with Crippen LogP contribution in [-0.2, 0) is 6.54 Å². The maximum absolute atomic E-state index is 10.9. The van der Waals surface area contributed by atoms with Gasteiger partial charge in [-0.1, -0.05) is 19.8 Å². The van der Waals surface area contributed by atoms with Gasteiger partial charge < -0.3 is 10.1 Å². The van der Waals surface area contributed by atoms with Gasteiger partial charge in [0, 0.05) is 30.3 Å². The molecule has 0 heterocycles. The van der Waals surface area contributed by atoms with Crippen LogP contribution in [0.1, 0.15) is 38.2 Å². The van der Waals surface area contributed by atoms with Gasteiger partial charge in [-0.2, -0.15) is 0 Å². The van der Waals surface area contributed by atoms with E-state index in [0.717, 1.165) is 5.56 Å². The van der Waals surface area contributed by atoms with Crippen molar-refractivity contribution in [3.63, 3.8) is 0 Å². The second-order valence-electron chi connectivity index (χ2n) is 5.50. The van der Waals surface area contributed by atoms with Crippen molar-refractivity contribution >= 4 is 5.69 Å². The SMILES string of the molecule is COc1ccc([N+](=O)[O-])cc1CN[C@@H]1CCCC[C@H]1C. The number of rotatable bonds is 5. The molecule has 0 aliphatic heterocycles. The summed E-state index contributed by atoms with van der Waals surface area (Å²) in [5, 5.41) is 14.4. The van der Waals surface area contributed by atoms with Crippen LogP contribution < -0.4 is 10.1 Å². The molecule has 1 aliphatic rings. The summed E-state index contributed by atoms with van der Waals surface area (Å²) in [6.07, 6.45) is 5.00. The van der Waals surface area contributed by atoms with Gasteiger partial charge in [0.25, 0.3) is 5.69 Å². The van der Waals surface area contributed by atoms with Crippen LogP contribution in [0.4, 0.5) is 5.69 Å². The van der Waals surface area contributed by atoms with Gasteiger partial charge in [0.15, 0.2) is 0 Å². The second-order valence-corrected chi connectivity index (χ2v) is 5.50. The average Bonchev–Trinajstić information content (AvgIpc) is 2.46. The lowest BCUT2D eigenvalue weighted by Crippen LogP contribution is -2.36. The Morgan fingerprint density at radius 1 is 1.40 bits per heavy atom. The number of ether oxygens (including phenoxy) is 1. The zero-order valence-corrected chi connectivity index (χ0v) is 12.1. The van der Waals surface area contributed by atoms with Crippen LogP contribution in [0.25, 0.3) is 0 Å². The molecule has 0 amide bonds. The number of non-ortho nitro benzene ring substituents is 1. The van der Waals surface area contributed by atoms with E-state index in [1.165, 1.54) is 31.7 Å². The molecule has 0 unspecified atom stereocenters. The van der Waals surface area contributed by atoms with Gasteiger partial charge in [-0.25, -0.2) is 0 Å². The van der Waals surface area contributed by atoms with Crippen molar-refractivity contribution < 1.29 is 9.66 Å². The Bertz CT molecular complexity index is 476. The van der Waals surface area contributed by atoms with E-state index in [4.69, 9.17) is 4.74 Å². The van der Waals surface area contributed by atoms with Crippen LogP contribution in [0.15, 0.2) is 18.2 Å². The largest absolute Gasteiger partial charge is 0.496 e. The fourth-order valence-corrected chi connectivity index (χ4v) is 2.88. The summed E-state index contributed by atoms with van der Waals surface area (Å²) in [4.78, 5) is 10.5. The van der Waals surface area contributed by atoms with Crippen LogP contribution in [0.5, 0.6) is 5.75 Å². The zero-order chi connectivity index (χ0) is 14.5. The quantitative estimate of drug-likeness (QED) is 0.663. The van der Waals surface area contributed by atoms with E-state index in [2.05, 4.69) is 12.2 Å².